The van der Waals surface area contributed by atoms with Gasteiger partial charge in [-0.1, -0.05) is 42.5 Å². The van der Waals surface area contributed by atoms with Crippen molar-refractivity contribution in [1.29, 1.82) is 0 Å². The van der Waals surface area contributed by atoms with Gasteiger partial charge in [-0.3, -0.25) is 9.48 Å². The fraction of sp³-hybridized carbons (Fsp3) is 0.387. The number of fused-ring (bicyclic) bond motifs is 1. The second-order valence-corrected chi connectivity index (χ2v) is 10.9. The highest BCUT2D eigenvalue weighted by Gasteiger charge is 2.53. The Balaban J connectivity index is 1.13. The van der Waals surface area contributed by atoms with E-state index in [1.54, 1.807) is 12.2 Å². The molecule has 39 heavy (non-hydrogen) atoms. The number of likely N-dealkylation sites (tertiary alicyclic amines) is 1. The van der Waals surface area contributed by atoms with Crippen molar-refractivity contribution in [3.05, 3.63) is 84.1 Å². The maximum Gasteiger partial charge on any atom is 0.335 e. The number of amides is 1. The molecule has 0 atom stereocenters. The molecular formula is C31H35N5O3. The van der Waals surface area contributed by atoms with Gasteiger partial charge in [-0.15, -0.1) is 0 Å². The van der Waals surface area contributed by atoms with Crippen LogP contribution in [0.5, 0.6) is 0 Å². The SMILES string of the molecule is O=C(O)C1=CCCC(CN2CN(c3ccccc3)C3(CCN(CCCn4ncc5ccccc54)CC3)C2=O)=C1. The van der Waals surface area contributed by atoms with E-state index < -0.39 is 11.5 Å². The molecule has 3 heterocycles. The number of hydrogen-bond acceptors (Lipinski definition) is 5. The number of aryl methyl sites for hydroxylation is 1. The molecule has 0 unspecified atom stereocenters. The van der Waals surface area contributed by atoms with Crippen LogP contribution in [0.4, 0.5) is 5.69 Å². The van der Waals surface area contributed by atoms with Crippen LogP contribution in [0.2, 0.25) is 0 Å². The average molecular weight is 526 g/mol. The van der Waals surface area contributed by atoms with E-state index in [9.17, 15) is 14.7 Å². The minimum absolute atomic E-state index is 0.168. The highest BCUT2D eigenvalue weighted by molar-refractivity contribution is 5.94. The molecule has 1 amide bonds. The molecule has 1 aliphatic carbocycles. The third-order valence-electron chi connectivity index (χ3n) is 8.49. The first kappa shape index (κ1) is 25.4. The highest BCUT2D eigenvalue weighted by Crippen LogP contribution is 2.40. The number of anilines is 1. The van der Waals surface area contributed by atoms with Crippen LogP contribution < -0.4 is 4.90 Å². The Hall–Kier alpha value is -3.91. The molecule has 2 fully saturated rings. The van der Waals surface area contributed by atoms with Crippen molar-refractivity contribution in [1.82, 2.24) is 19.6 Å². The smallest absolute Gasteiger partial charge is 0.335 e. The number of aromatic nitrogens is 2. The van der Waals surface area contributed by atoms with Gasteiger partial charge in [0.25, 0.3) is 0 Å². The predicted octanol–water partition coefficient (Wildman–Crippen LogP) is 4.30. The second kappa shape index (κ2) is 10.7. The minimum atomic E-state index is -0.907. The molecule has 8 nitrogen and oxygen atoms in total. The third kappa shape index (κ3) is 4.96. The molecule has 8 heteroatoms. The van der Waals surface area contributed by atoms with E-state index >= 15 is 0 Å². The predicted molar refractivity (Wildman–Crippen MR) is 151 cm³/mol. The van der Waals surface area contributed by atoms with Gasteiger partial charge in [-0.2, -0.15) is 5.10 Å². The zero-order chi connectivity index (χ0) is 26.8. The molecule has 2 aliphatic heterocycles. The molecule has 202 valence electrons. The number of benzene rings is 2. The number of carboxylic acid groups (broad SMARTS) is 1. The molecule has 3 aromatic rings. The number of para-hydroxylation sites is 2. The maximum absolute atomic E-state index is 14.1. The van der Waals surface area contributed by atoms with Crippen molar-refractivity contribution in [2.45, 2.75) is 44.2 Å². The molecule has 1 aromatic heterocycles. The Morgan fingerprint density at radius 1 is 1.00 bits per heavy atom. The van der Waals surface area contributed by atoms with Crippen molar-refractivity contribution in [2.75, 3.05) is 37.7 Å². The lowest BCUT2D eigenvalue weighted by atomic mass is 9.85. The fourth-order valence-corrected chi connectivity index (χ4v) is 6.40. The fourth-order valence-electron chi connectivity index (χ4n) is 6.40. The number of aliphatic carboxylic acids is 1. The summed E-state index contributed by atoms with van der Waals surface area (Å²) in [5.74, 6) is -0.739. The lowest BCUT2D eigenvalue weighted by molar-refractivity contribution is -0.133. The van der Waals surface area contributed by atoms with E-state index in [1.165, 1.54) is 10.9 Å². The van der Waals surface area contributed by atoms with Crippen LogP contribution in [0.15, 0.2) is 84.1 Å². The number of carbonyl (C=O) groups excluding carboxylic acids is 1. The summed E-state index contributed by atoms with van der Waals surface area (Å²) >= 11 is 0. The Kier molecular flexibility index (Phi) is 6.95. The summed E-state index contributed by atoms with van der Waals surface area (Å²) in [5, 5.41) is 15.2. The maximum atomic E-state index is 14.1. The van der Waals surface area contributed by atoms with E-state index in [2.05, 4.69) is 49.9 Å². The van der Waals surface area contributed by atoms with Crippen LogP contribution in [0.3, 0.4) is 0 Å². The molecule has 2 saturated heterocycles. The summed E-state index contributed by atoms with van der Waals surface area (Å²) in [5.41, 5.74) is 3.02. The lowest BCUT2D eigenvalue weighted by Gasteiger charge is -2.43. The lowest BCUT2D eigenvalue weighted by Crippen LogP contribution is -2.56. The van der Waals surface area contributed by atoms with Gasteiger partial charge in [0.05, 0.1) is 24.0 Å². The van der Waals surface area contributed by atoms with Crippen LogP contribution in [0.25, 0.3) is 10.9 Å². The van der Waals surface area contributed by atoms with Gasteiger partial charge in [0, 0.05) is 37.3 Å². The average Bonchev–Trinajstić information content (AvgIpc) is 3.49. The highest BCUT2D eigenvalue weighted by atomic mass is 16.4. The standard InChI is InChI=1S/C31H35N5O3/c37-29(38)25-10-6-8-24(20-25)22-34-23-35(27-11-2-1-3-12-27)31(30(34)39)14-18-33(19-15-31)16-7-17-36-28-13-5-4-9-26(28)21-32-36/h1-5,9-13,20-21H,6-8,14-19,22-23H2,(H,37,38). The zero-order valence-electron chi connectivity index (χ0n) is 22.2. The molecule has 3 aliphatic rings. The summed E-state index contributed by atoms with van der Waals surface area (Å²) in [6.07, 6.45) is 9.50. The van der Waals surface area contributed by atoms with Crippen LogP contribution in [-0.4, -0.2) is 74.9 Å². The van der Waals surface area contributed by atoms with Gasteiger partial charge < -0.3 is 19.8 Å². The number of hydrogen-bond donors (Lipinski definition) is 1. The van der Waals surface area contributed by atoms with E-state index in [0.29, 0.717) is 25.2 Å². The summed E-state index contributed by atoms with van der Waals surface area (Å²) in [7, 11) is 0. The summed E-state index contributed by atoms with van der Waals surface area (Å²) in [6.45, 7) is 4.61. The van der Waals surface area contributed by atoms with Crippen molar-refractivity contribution >= 4 is 28.5 Å². The first-order valence-corrected chi connectivity index (χ1v) is 13.9. The van der Waals surface area contributed by atoms with Gasteiger partial charge in [0.2, 0.25) is 5.91 Å². The Morgan fingerprint density at radius 2 is 1.77 bits per heavy atom. The van der Waals surface area contributed by atoms with Crippen molar-refractivity contribution < 1.29 is 14.7 Å². The van der Waals surface area contributed by atoms with Crippen LogP contribution in [0.1, 0.15) is 32.1 Å². The third-order valence-corrected chi connectivity index (χ3v) is 8.49. The number of rotatable bonds is 8. The number of piperidine rings is 1. The van der Waals surface area contributed by atoms with E-state index in [4.69, 9.17) is 0 Å². The largest absolute Gasteiger partial charge is 0.478 e. The van der Waals surface area contributed by atoms with Crippen molar-refractivity contribution in [3.8, 4) is 0 Å². The quantitative estimate of drug-likeness (QED) is 0.472. The molecule has 0 saturated carbocycles. The van der Waals surface area contributed by atoms with Crippen molar-refractivity contribution in [2.24, 2.45) is 0 Å². The normalized spacial score (nSPS) is 19.5. The number of allylic oxidation sites excluding steroid dienone is 1. The van der Waals surface area contributed by atoms with Crippen LogP contribution in [-0.2, 0) is 16.1 Å². The van der Waals surface area contributed by atoms with E-state index in [0.717, 1.165) is 63.1 Å². The molecule has 0 bridgehead atoms. The molecule has 6 rings (SSSR count). The number of nitrogens with zero attached hydrogens (tertiary/aromatic N) is 5. The molecule has 0 radical (unpaired) electrons. The van der Waals surface area contributed by atoms with Gasteiger partial charge in [-0.05, 0) is 68.5 Å². The summed E-state index contributed by atoms with van der Waals surface area (Å²) < 4.78 is 2.08. The van der Waals surface area contributed by atoms with Crippen LogP contribution >= 0.6 is 0 Å². The Bertz CT molecular complexity index is 1420. The second-order valence-electron chi connectivity index (χ2n) is 10.9. The first-order valence-electron chi connectivity index (χ1n) is 13.9. The molecular weight excluding hydrogens is 490 g/mol. The molecule has 1 N–H and O–H groups in total. The van der Waals surface area contributed by atoms with Gasteiger partial charge >= 0.3 is 5.97 Å². The minimum Gasteiger partial charge on any atom is -0.478 e. The number of carbonyl (C=O) groups is 2. The molecule has 1 spiro atoms. The van der Waals surface area contributed by atoms with Gasteiger partial charge in [-0.25, -0.2) is 4.79 Å². The zero-order valence-corrected chi connectivity index (χ0v) is 22.2. The monoisotopic (exact) mass is 525 g/mol. The van der Waals surface area contributed by atoms with Crippen molar-refractivity contribution in [3.63, 3.8) is 0 Å². The van der Waals surface area contributed by atoms with Gasteiger partial charge in [0.1, 0.15) is 5.54 Å². The first-order chi connectivity index (χ1) is 19.0. The number of carboxylic acids is 1. The summed E-state index contributed by atoms with van der Waals surface area (Å²) in [4.78, 5) is 32.3. The van der Waals surface area contributed by atoms with E-state index in [-0.39, 0.29) is 5.91 Å². The topological polar surface area (TPSA) is 81.9 Å². The summed E-state index contributed by atoms with van der Waals surface area (Å²) in [6, 6.07) is 18.5. The Labute approximate surface area is 228 Å². The molecule has 2 aromatic carbocycles. The van der Waals surface area contributed by atoms with E-state index in [1.807, 2.05) is 35.4 Å². The van der Waals surface area contributed by atoms with Gasteiger partial charge in [0.15, 0.2) is 0 Å². The Morgan fingerprint density at radius 3 is 2.56 bits per heavy atom. The van der Waals surface area contributed by atoms with Crippen LogP contribution in [0, 0.1) is 0 Å².